The Morgan fingerprint density at radius 3 is 2.83 bits per heavy atom. The van der Waals surface area contributed by atoms with E-state index in [0.717, 1.165) is 12.0 Å². The summed E-state index contributed by atoms with van der Waals surface area (Å²) in [5, 5.41) is 18.9. The Labute approximate surface area is 133 Å². The van der Waals surface area contributed by atoms with E-state index in [1.54, 1.807) is 6.07 Å². The van der Waals surface area contributed by atoms with Crippen molar-refractivity contribution in [1.82, 2.24) is 20.3 Å². The van der Waals surface area contributed by atoms with E-state index in [4.69, 9.17) is 4.74 Å². The quantitative estimate of drug-likeness (QED) is 0.784. The van der Waals surface area contributed by atoms with Gasteiger partial charge < -0.3 is 15.2 Å². The maximum Gasteiger partial charge on any atom is 0.358 e. The lowest BCUT2D eigenvalue weighted by Crippen LogP contribution is -2.25. The number of aromatic nitrogens is 3. The molecule has 0 aliphatic heterocycles. The summed E-state index contributed by atoms with van der Waals surface area (Å²) in [6.45, 7) is 1.87. The Kier molecular flexibility index (Phi) is 5.29. The molecule has 2 aromatic rings. The van der Waals surface area contributed by atoms with Crippen molar-refractivity contribution >= 4 is 11.9 Å². The minimum Gasteiger partial charge on any atom is -0.487 e. The fourth-order valence-corrected chi connectivity index (χ4v) is 1.99. The lowest BCUT2D eigenvalue weighted by Gasteiger charge is -2.09. The van der Waals surface area contributed by atoms with Crippen LogP contribution in [0.15, 0.2) is 24.3 Å². The van der Waals surface area contributed by atoms with Gasteiger partial charge >= 0.3 is 5.97 Å². The van der Waals surface area contributed by atoms with E-state index in [1.807, 2.05) is 25.1 Å². The molecule has 0 aliphatic carbocycles. The van der Waals surface area contributed by atoms with Crippen LogP contribution in [-0.2, 0) is 24.4 Å². The van der Waals surface area contributed by atoms with Gasteiger partial charge in [0.1, 0.15) is 24.6 Å². The summed E-state index contributed by atoms with van der Waals surface area (Å²) in [7, 11) is 1.49. The van der Waals surface area contributed by atoms with Gasteiger partial charge in [-0.05, 0) is 24.1 Å². The topological polar surface area (TPSA) is 106 Å². The molecule has 1 aromatic heterocycles. The van der Waals surface area contributed by atoms with E-state index in [2.05, 4.69) is 15.6 Å². The minimum atomic E-state index is -1.21. The van der Waals surface area contributed by atoms with Gasteiger partial charge in [0, 0.05) is 7.05 Å². The molecular weight excluding hydrogens is 300 g/mol. The Bertz CT molecular complexity index is 711. The van der Waals surface area contributed by atoms with Crippen molar-refractivity contribution in [1.29, 1.82) is 0 Å². The molecule has 122 valence electrons. The molecule has 0 saturated heterocycles. The number of carbonyl (C=O) groups excluding carboxylic acids is 1. The fraction of sp³-hybridized carbons (Fsp3) is 0.333. The molecule has 0 unspecified atom stereocenters. The first-order chi connectivity index (χ1) is 11.0. The predicted octanol–water partition coefficient (Wildman–Crippen LogP) is 0.864. The van der Waals surface area contributed by atoms with E-state index < -0.39 is 5.97 Å². The summed E-state index contributed by atoms with van der Waals surface area (Å²) in [4.78, 5) is 22.7. The summed E-state index contributed by atoms with van der Waals surface area (Å²) in [5.41, 5.74) is 1.13. The molecule has 0 saturated carbocycles. The molecule has 0 aliphatic rings. The zero-order valence-corrected chi connectivity index (χ0v) is 12.9. The maximum atomic E-state index is 11.5. The second-order valence-corrected chi connectivity index (χ2v) is 4.81. The number of rotatable bonds is 7. The molecular formula is C15H18N4O4. The molecule has 0 bridgehead atoms. The number of hydrogen-bond donors (Lipinski definition) is 2. The number of nitrogens with one attached hydrogen (secondary N) is 1. The Morgan fingerprint density at radius 1 is 1.39 bits per heavy atom. The van der Waals surface area contributed by atoms with Crippen molar-refractivity contribution in [3.63, 3.8) is 0 Å². The number of ether oxygens (including phenoxy) is 1. The monoisotopic (exact) mass is 318 g/mol. The highest BCUT2D eigenvalue weighted by atomic mass is 16.5. The van der Waals surface area contributed by atoms with Gasteiger partial charge in [-0.25, -0.2) is 9.48 Å². The van der Waals surface area contributed by atoms with Crippen molar-refractivity contribution in [2.45, 2.75) is 26.5 Å². The Morgan fingerprint density at radius 2 is 2.17 bits per heavy atom. The first-order valence-corrected chi connectivity index (χ1v) is 7.13. The number of benzene rings is 1. The van der Waals surface area contributed by atoms with E-state index in [-0.39, 0.29) is 30.4 Å². The average molecular weight is 318 g/mol. The first-order valence-electron chi connectivity index (χ1n) is 7.13. The standard InChI is InChI=1S/C15H18N4O4/c1-3-10-5-4-6-11(7-10)23-9-12-14(15(21)22)17-18-19(12)8-13(20)16-2/h4-7H,3,8-9H2,1-2H3,(H,16,20)(H,21,22). The number of aromatic carboxylic acids is 1. The predicted molar refractivity (Wildman–Crippen MR) is 81.2 cm³/mol. The number of carbonyl (C=O) groups is 2. The van der Waals surface area contributed by atoms with Crippen LogP contribution in [0.2, 0.25) is 0 Å². The second-order valence-electron chi connectivity index (χ2n) is 4.81. The number of aryl methyl sites for hydroxylation is 1. The number of amides is 1. The van der Waals surface area contributed by atoms with Gasteiger partial charge in [-0.2, -0.15) is 0 Å². The number of hydrogen-bond acceptors (Lipinski definition) is 5. The minimum absolute atomic E-state index is 0.0429. The molecule has 1 aromatic carbocycles. The third kappa shape index (κ3) is 4.06. The average Bonchev–Trinajstić information content (AvgIpc) is 2.95. The molecule has 1 heterocycles. The molecule has 0 fully saturated rings. The zero-order valence-electron chi connectivity index (χ0n) is 12.9. The van der Waals surface area contributed by atoms with Crippen LogP contribution < -0.4 is 10.1 Å². The van der Waals surface area contributed by atoms with Crippen LogP contribution >= 0.6 is 0 Å². The van der Waals surface area contributed by atoms with Crippen molar-refractivity contribution in [3.8, 4) is 5.75 Å². The molecule has 2 N–H and O–H groups in total. The van der Waals surface area contributed by atoms with Crippen molar-refractivity contribution in [2.24, 2.45) is 0 Å². The summed E-state index contributed by atoms with van der Waals surface area (Å²) >= 11 is 0. The summed E-state index contributed by atoms with van der Waals surface area (Å²) in [6, 6.07) is 7.51. The molecule has 0 spiro atoms. The molecule has 2 rings (SSSR count). The molecule has 8 nitrogen and oxygen atoms in total. The van der Waals surface area contributed by atoms with Gasteiger partial charge in [0.2, 0.25) is 5.91 Å². The molecule has 0 radical (unpaired) electrons. The molecule has 0 atom stereocenters. The van der Waals surface area contributed by atoms with E-state index in [1.165, 1.54) is 11.7 Å². The summed E-state index contributed by atoms with van der Waals surface area (Å²) in [5.74, 6) is -0.900. The van der Waals surface area contributed by atoms with Crippen LogP contribution in [0, 0.1) is 0 Å². The Balaban J connectivity index is 2.20. The van der Waals surface area contributed by atoms with Crippen LogP contribution in [0.25, 0.3) is 0 Å². The highest BCUT2D eigenvalue weighted by Gasteiger charge is 2.20. The SMILES string of the molecule is CCc1cccc(OCc2c(C(=O)O)nnn2CC(=O)NC)c1. The van der Waals surface area contributed by atoms with Gasteiger partial charge in [0.15, 0.2) is 5.69 Å². The first kappa shape index (κ1) is 16.5. The number of likely N-dealkylation sites (N-methyl/N-ethyl adjacent to an activating group) is 1. The van der Waals surface area contributed by atoms with Crippen molar-refractivity contribution in [3.05, 3.63) is 41.2 Å². The van der Waals surface area contributed by atoms with Crippen LogP contribution in [-0.4, -0.2) is 39.0 Å². The van der Waals surface area contributed by atoms with Crippen molar-refractivity contribution < 1.29 is 19.4 Å². The van der Waals surface area contributed by atoms with Gasteiger partial charge in [-0.3, -0.25) is 4.79 Å². The fourth-order valence-electron chi connectivity index (χ4n) is 1.99. The number of nitrogens with zero attached hydrogens (tertiary/aromatic N) is 3. The Hall–Kier alpha value is -2.90. The van der Waals surface area contributed by atoms with E-state index in [9.17, 15) is 14.7 Å². The molecule has 1 amide bonds. The van der Waals surface area contributed by atoms with Gasteiger partial charge in [-0.15, -0.1) is 5.10 Å². The molecule has 8 heteroatoms. The van der Waals surface area contributed by atoms with E-state index >= 15 is 0 Å². The van der Waals surface area contributed by atoms with Crippen LogP contribution in [0.4, 0.5) is 0 Å². The highest BCUT2D eigenvalue weighted by molar-refractivity contribution is 5.86. The van der Waals surface area contributed by atoms with Crippen LogP contribution in [0.5, 0.6) is 5.75 Å². The highest BCUT2D eigenvalue weighted by Crippen LogP contribution is 2.16. The normalized spacial score (nSPS) is 10.3. The summed E-state index contributed by atoms with van der Waals surface area (Å²) < 4.78 is 6.87. The smallest absolute Gasteiger partial charge is 0.358 e. The maximum absolute atomic E-state index is 11.5. The van der Waals surface area contributed by atoms with Gasteiger partial charge in [0.25, 0.3) is 0 Å². The lowest BCUT2D eigenvalue weighted by molar-refractivity contribution is -0.121. The van der Waals surface area contributed by atoms with Gasteiger partial charge in [0.05, 0.1) is 0 Å². The second kappa shape index (κ2) is 7.39. The van der Waals surface area contributed by atoms with Crippen LogP contribution in [0.3, 0.4) is 0 Å². The molecule has 23 heavy (non-hydrogen) atoms. The lowest BCUT2D eigenvalue weighted by atomic mass is 10.2. The third-order valence-electron chi connectivity index (χ3n) is 3.29. The number of carboxylic acid groups (broad SMARTS) is 1. The largest absolute Gasteiger partial charge is 0.487 e. The number of carboxylic acids is 1. The van der Waals surface area contributed by atoms with Gasteiger partial charge in [-0.1, -0.05) is 24.3 Å². The van der Waals surface area contributed by atoms with Crippen LogP contribution in [0.1, 0.15) is 28.7 Å². The zero-order chi connectivity index (χ0) is 16.8. The van der Waals surface area contributed by atoms with Crippen molar-refractivity contribution in [2.75, 3.05) is 7.05 Å². The van der Waals surface area contributed by atoms with E-state index in [0.29, 0.717) is 5.75 Å². The third-order valence-corrected chi connectivity index (χ3v) is 3.29. The summed E-state index contributed by atoms with van der Waals surface area (Å²) in [6.07, 6.45) is 0.869.